The van der Waals surface area contributed by atoms with Crippen molar-refractivity contribution in [1.29, 1.82) is 0 Å². The first-order valence-electron chi connectivity index (χ1n) is 7.24. The lowest BCUT2D eigenvalue weighted by molar-refractivity contribution is 0.0910. The zero-order chi connectivity index (χ0) is 14.3. The van der Waals surface area contributed by atoms with Crippen molar-refractivity contribution in [3.63, 3.8) is 0 Å². The largest absolute Gasteiger partial charge is 0.294 e. The second-order valence-electron chi connectivity index (χ2n) is 6.61. The minimum absolute atomic E-state index is 0.0251. The molecule has 0 N–H and O–H groups in total. The molecule has 4 heteroatoms. The van der Waals surface area contributed by atoms with E-state index in [9.17, 15) is 4.79 Å². The van der Waals surface area contributed by atoms with Crippen molar-refractivity contribution in [3.05, 3.63) is 22.3 Å². The lowest BCUT2D eigenvalue weighted by Gasteiger charge is -2.29. The van der Waals surface area contributed by atoms with Gasteiger partial charge in [-0.2, -0.15) is 0 Å². The quantitative estimate of drug-likeness (QED) is 0.762. The smallest absolute Gasteiger partial charge is 0.171 e. The highest BCUT2D eigenvalue weighted by Crippen LogP contribution is 2.37. The highest BCUT2D eigenvalue weighted by Gasteiger charge is 2.32. The molecule has 1 aromatic heterocycles. The molecule has 2 aliphatic rings. The van der Waals surface area contributed by atoms with Crippen molar-refractivity contribution >= 4 is 28.9 Å². The maximum absolute atomic E-state index is 12.2. The summed E-state index contributed by atoms with van der Waals surface area (Å²) in [5.41, 5.74) is 2.70. The molecular weight excluding hydrogens is 272 g/mol. The van der Waals surface area contributed by atoms with Crippen LogP contribution in [0.5, 0.6) is 0 Å². The van der Waals surface area contributed by atoms with Gasteiger partial charge in [0.05, 0.1) is 10.7 Å². The predicted molar refractivity (Wildman–Crippen MR) is 81.2 cm³/mol. The van der Waals surface area contributed by atoms with E-state index in [-0.39, 0.29) is 11.2 Å². The lowest BCUT2D eigenvalue weighted by Crippen LogP contribution is -2.27. The number of carbonyl (C=O) groups excluding carboxylic acids is 1. The zero-order valence-corrected chi connectivity index (χ0v) is 12.8. The van der Waals surface area contributed by atoms with Gasteiger partial charge in [0, 0.05) is 17.7 Å². The van der Waals surface area contributed by atoms with Gasteiger partial charge in [0.15, 0.2) is 11.6 Å². The minimum Gasteiger partial charge on any atom is -0.294 e. The van der Waals surface area contributed by atoms with Crippen LogP contribution >= 0.6 is 11.6 Å². The van der Waals surface area contributed by atoms with Crippen molar-refractivity contribution in [2.45, 2.75) is 52.4 Å². The summed E-state index contributed by atoms with van der Waals surface area (Å²) in [6, 6.07) is 1.76. The molecule has 20 heavy (non-hydrogen) atoms. The summed E-state index contributed by atoms with van der Waals surface area (Å²) in [4.78, 5) is 21.4. The van der Waals surface area contributed by atoms with E-state index >= 15 is 0 Å². The third kappa shape index (κ3) is 2.64. The van der Waals surface area contributed by atoms with E-state index in [0.29, 0.717) is 22.8 Å². The number of nitrogens with zero attached hydrogens (tertiary/aromatic N) is 2. The minimum atomic E-state index is -0.0251. The van der Waals surface area contributed by atoms with Crippen LogP contribution in [-0.4, -0.2) is 16.5 Å². The molecule has 1 fully saturated rings. The number of hydrogen-bond acceptors (Lipinski definition) is 3. The Bertz CT molecular complexity index is 597. The number of aromatic nitrogens is 1. The number of Topliss-reactive ketones (excluding diaryl/α,β-unsaturated/α-hetero) is 1. The zero-order valence-electron chi connectivity index (χ0n) is 12.0. The number of carbonyl (C=O) groups is 1. The fourth-order valence-corrected chi connectivity index (χ4v) is 3.25. The molecule has 3 nitrogen and oxygen atoms in total. The Hall–Kier alpha value is -1.22. The molecule has 0 bridgehead atoms. The maximum Gasteiger partial charge on any atom is 0.171 e. The second-order valence-corrected chi connectivity index (χ2v) is 7.02. The van der Waals surface area contributed by atoms with Crippen LogP contribution in [0.4, 0.5) is 5.82 Å². The van der Waals surface area contributed by atoms with Gasteiger partial charge in [-0.3, -0.25) is 4.79 Å². The number of halogens is 1. The molecular formula is C16H19ClN2O. The lowest BCUT2D eigenvalue weighted by atomic mass is 9.76. The normalized spacial score (nSPS) is 20.9. The first-order chi connectivity index (χ1) is 9.44. The third-order valence-electron chi connectivity index (χ3n) is 4.07. The van der Waals surface area contributed by atoms with Gasteiger partial charge in [-0.25, -0.2) is 9.98 Å². The molecule has 1 aromatic rings. The van der Waals surface area contributed by atoms with Gasteiger partial charge in [-0.05, 0) is 43.6 Å². The number of fused-ring (bicyclic) bond motifs is 1. The average Bonchev–Trinajstić information content (AvgIpc) is 2.83. The number of pyridine rings is 1. The van der Waals surface area contributed by atoms with Crippen molar-refractivity contribution in [3.8, 4) is 0 Å². The van der Waals surface area contributed by atoms with Crippen molar-refractivity contribution in [2.24, 2.45) is 10.4 Å². The Kier molecular flexibility index (Phi) is 3.41. The Balaban J connectivity index is 2.02. The third-order valence-corrected chi connectivity index (χ3v) is 4.34. The van der Waals surface area contributed by atoms with Crippen LogP contribution in [0.2, 0.25) is 5.02 Å². The summed E-state index contributed by atoms with van der Waals surface area (Å²) < 4.78 is 0. The van der Waals surface area contributed by atoms with Gasteiger partial charge in [-0.1, -0.05) is 25.4 Å². The van der Waals surface area contributed by atoms with Crippen molar-refractivity contribution in [2.75, 3.05) is 0 Å². The Morgan fingerprint density at radius 2 is 1.95 bits per heavy atom. The van der Waals surface area contributed by atoms with Gasteiger partial charge in [-0.15, -0.1) is 0 Å². The number of aliphatic imine (C=N–C) groups is 1. The molecule has 0 aliphatic heterocycles. The molecule has 0 spiro atoms. The fraction of sp³-hybridized carbons (Fsp3) is 0.562. The molecule has 1 saturated carbocycles. The monoisotopic (exact) mass is 290 g/mol. The van der Waals surface area contributed by atoms with Gasteiger partial charge in [0.25, 0.3) is 0 Å². The number of ketones is 1. The number of hydrogen-bond donors (Lipinski definition) is 0. The molecule has 0 saturated heterocycles. The fourth-order valence-electron chi connectivity index (χ4n) is 3.06. The number of rotatable bonds is 1. The molecule has 0 amide bonds. The Labute approximate surface area is 124 Å². The van der Waals surface area contributed by atoms with E-state index in [1.165, 1.54) is 18.6 Å². The second kappa shape index (κ2) is 4.96. The van der Waals surface area contributed by atoms with Crippen LogP contribution < -0.4 is 0 Å². The van der Waals surface area contributed by atoms with E-state index in [0.717, 1.165) is 25.0 Å². The summed E-state index contributed by atoms with van der Waals surface area (Å²) in [5, 5.41) is 0.496. The van der Waals surface area contributed by atoms with Gasteiger partial charge < -0.3 is 0 Å². The standard InChI is InChI=1S/C16H19ClN2O/c1-16(2)8-13-11(14(20)9-16)7-12(17)15(19-13)18-10-5-3-4-6-10/h7H,3-6,8-9H2,1-2H3. The first kappa shape index (κ1) is 13.7. The van der Waals surface area contributed by atoms with E-state index < -0.39 is 0 Å². The molecule has 0 atom stereocenters. The average molecular weight is 291 g/mol. The highest BCUT2D eigenvalue weighted by molar-refractivity contribution is 6.33. The van der Waals surface area contributed by atoms with Crippen LogP contribution in [-0.2, 0) is 6.42 Å². The van der Waals surface area contributed by atoms with Crippen molar-refractivity contribution in [1.82, 2.24) is 4.98 Å². The molecule has 0 unspecified atom stereocenters. The molecule has 1 heterocycles. The molecule has 0 aromatic carbocycles. The van der Waals surface area contributed by atoms with Crippen LogP contribution in [0.3, 0.4) is 0 Å². The molecule has 0 radical (unpaired) electrons. The van der Waals surface area contributed by atoms with Gasteiger partial charge in [0.1, 0.15) is 0 Å². The molecule has 3 rings (SSSR count). The summed E-state index contributed by atoms with van der Waals surface area (Å²) in [5.74, 6) is 0.735. The molecule has 106 valence electrons. The Morgan fingerprint density at radius 1 is 1.25 bits per heavy atom. The van der Waals surface area contributed by atoms with Gasteiger partial charge >= 0.3 is 0 Å². The first-order valence-corrected chi connectivity index (χ1v) is 7.61. The SMILES string of the molecule is CC1(C)CC(=O)c2cc(Cl)c(N=C3CCCC3)nc2C1. The van der Waals surface area contributed by atoms with E-state index in [4.69, 9.17) is 11.6 Å². The summed E-state index contributed by atoms with van der Waals surface area (Å²) in [7, 11) is 0. The highest BCUT2D eigenvalue weighted by atomic mass is 35.5. The van der Waals surface area contributed by atoms with E-state index in [1.54, 1.807) is 6.07 Å². The maximum atomic E-state index is 12.2. The van der Waals surface area contributed by atoms with Crippen LogP contribution in [0.1, 0.15) is 62.0 Å². The van der Waals surface area contributed by atoms with E-state index in [2.05, 4.69) is 23.8 Å². The predicted octanol–water partition coefficient (Wildman–Crippen LogP) is 4.54. The summed E-state index contributed by atoms with van der Waals surface area (Å²) in [6.07, 6.45) is 5.85. The Morgan fingerprint density at radius 3 is 2.65 bits per heavy atom. The van der Waals surface area contributed by atoms with E-state index in [1.807, 2.05) is 0 Å². The van der Waals surface area contributed by atoms with Crippen LogP contribution in [0.15, 0.2) is 11.1 Å². The van der Waals surface area contributed by atoms with Crippen LogP contribution in [0.25, 0.3) is 0 Å². The van der Waals surface area contributed by atoms with Gasteiger partial charge in [0.2, 0.25) is 0 Å². The summed E-state index contributed by atoms with van der Waals surface area (Å²) >= 11 is 6.25. The van der Waals surface area contributed by atoms with Crippen LogP contribution in [0, 0.1) is 5.41 Å². The molecule has 2 aliphatic carbocycles. The van der Waals surface area contributed by atoms with Crippen molar-refractivity contribution < 1.29 is 4.79 Å². The topological polar surface area (TPSA) is 42.3 Å². The summed E-state index contributed by atoms with van der Waals surface area (Å²) in [6.45, 7) is 4.21.